The topological polar surface area (TPSA) is 78.9 Å². The zero-order valence-electron chi connectivity index (χ0n) is 39.9. The first-order chi connectivity index (χ1) is 30.0. The minimum absolute atomic E-state index is 0.106. The lowest BCUT2D eigenvalue weighted by Crippen LogP contribution is -2.30. The number of carbonyl (C=O) groups excluding carboxylic acids is 3. The number of carbonyl (C=O) groups is 3. The maximum atomic E-state index is 12.8. The summed E-state index contributed by atoms with van der Waals surface area (Å²) >= 11 is 0. The van der Waals surface area contributed by atoms with E-state index in [0.29, 0.717) is 19.3 Å². The fourth-order valence-electron chi connectivity index (χ4n) is 6.86. The summed E-state index contributed by atoms with van der Waals surface area (Å²) in [5, 5.41) is 0. The molecular weight excluding hydrogens is 757 g/mol. The second-order valence-electron chi connectivity index (χ2n) is 16.7. The van der Waals surface area contributed by atoms with Crippen molar-refractivity contribution in [1.29, 1.82) is 0 Å². The second kappa shape index (κ2) is 49.5. The van der Waals surface area contributed by atoms with Crippen LogP contribution in [0.4, 0.5) is 0 Å². The number of hydrogen-bond acceptors (Lipinski definition) is 6. The number of unbranched alkanes of at least 4 members (excludes halogenated alkanes) is 22. The number of rotatable bonds is 45. The molecule has 350 valence electrons. The molecule has 0 saturated heterocycles. The van der Waals surface area contributed by atoms with Crippen LogP contribution in [0.15, 0.2) is 72.9 Å². The SMILES string of the molecule is CC/C=C/C/C=C/C/C=C/CCCCCCCCC(=O)OCC(COC(=O)CC/C=C/C/C=C/CCCCCCCC)OC(=O)CCCCC/C=C/CCCCCCCCC. The standard InChI is InChI=1S/C55H94O6/c1-4-7-10-13-16-19-22-25-27-28-31-33-36-39-42-45-48-54(57)60-51-52(50-59-53(56)47-44-41-38-35-32-29-24-21-18-15-12-9-6-3)61-55(58)49-46-43-40-37-34-30-26-23-20-17-14-11-8-5-2/h7,10,16,19,25,27,29-30,32,34,38,41,52H,4-6,8-9,11-15,17-18,20-24,26,28,31,33,35-37,39-40,42-51H2,1-3H3/b10-7+,19-16+,27-25+,32-29+,34-30+,41-38+. The van der Waals surface area contributed by atoms with E-state index < -0.39 is 6.10 Å². The normalized spacial score (nSPS) is 12.6. The predicted molar refractivity (Wildman–Crippen MR) is 261 cm³/mol. The zero-order valence-corrected chi connectivity index (χ0v) is 39.9. The van der Waals surface area contributed by atoms with Crippen LogP contribution in [0.25, 0.3) is 0 Å². The Hall–Kier alpha value is -3.15. The molecule has 0 radical (unpaired) electrons. The summed E-state index contributed by atoms with van der Waals surface area (Å²) in [7, 11) is 0. The smallest absolute Gasteiger partial charge is 0.306 e. The van der Waals surface area contributed by atoms with Crippen LogP contribution in [0.2, 0.25) is 0 Å². The zero-order chi connectivity index (χ0) is 44.4. The van der Waals surface area contributed by atoms with Crippen molar-refractivity contribution in [3.63, 3.8) is 0 Å². The summed E-state index contributed by atoms with van der Waals surface area (Å²) in [6.45, 7) is 6.43. The molecule has 0 aromatic rings. The average molecular weight is 851 g/mol. The molecule has 0 saturated carbocycles. The van der Waals surface area contributed by atoms with Gasteiger partial charge in [0.1, 0.15) is 13.2 Å². The monoisotopic (exact) mass is 851 g/mol. The molecule has 0 aliphatic heterocycles. The third kappa shape index (κ3) is 47.7. The van der Waals surface area contributed by atoms with Crippen molar-refractivity contribution in [2.24, 2.45) is 0 Å². The van der Waals surface area contributed by atoms with Gasteiger partial charge in [-0.1, -0.05) is 196 Å². The molecular formula is C55H94O6. The highest BCUT2D eigenvalue weighted by Crippen LogP contribution is 2.13. The minimum Gasteiger partial charge on any atom is -0.462 e. The predicted octanol–water partition coefficient (Wildman–Crippen LogP) is 16.6. The molecule has 0 spiro atoms. The van der Waals surface area contributed by atoms with Crippen LogP contribution in [0.1, 0.15) is 239 Å². The van der Waals surface area contributed by atoms with Crippen molar-refractivity contribution in [3.05, 3.63) is 72.9 Å². The van der Waals surface area contributed by atoms with E-state index in [1.54, 1.807) is 0 Å². The number of allylic oxidation sites excluding steroid dienone is 12. The highest BCUT2D eigenvalue weighted by atomic mass is 16.6. The summed E-state index contributed by atoms with van der Waals surface area (Å²) in [6, 6.07) is 0. The minimum atomic E-state index is -0.810. The lowest BCUT2D eigenvalue weighted by atomic mass is 10.1. The van der Waals surface area contributed by atoms with Crippen molar-refractivity contribution in [1.82, 2.24) is 0 Å². The fourth-order valence-corrected chi connectivity index (χ4v) is 6.86. The molecule has 0 rings (SSSR count). The third-order valence-electron chi connectivity index (χ3n) is 10.7. The number of esters is 3. The molecule has 1 unspecified atom stereocenters. The molecule has 0 fully saturated rings. The van der Waals surface area contributed by atoms with E-state index in [1.807, 2.05) is 6.08 Å². The molecule has 0 N–H and O–H groups in total. The Bertz CT molecular complexity index is 1160. The quantitative estimate of drug-likeness (QED) is 0.0263. The van der Waals surface area contributed by atoms with Crippen molar-refractivity contribution in [2.45, 2.75) is 245 Å². The van der Waals surface area contributed by atoms with Crippen molar-refractivity contribution in [3.8, 4) is 0 Å². The molecule has 0 aliphatic rings. The average Bonchev–Trinajstić information content (AvgIpc) is 3.26. The van der Waals surface area contributed by atoms with Crippen LogP contribution in [-0.2, 0) is 28.6 Å². The lowest BCUT2D eigenvalue weighted by Gasteiger charge is -2.18. The Morgan fingerprint density at radius 3 is 1.13 bits per heavy atom. The van der Waals surface area contributed by atoms with Gasteiger partial charge < -0.3 is 14.2 Å². The van der Waals surface area contributed by atoms with Gasteiger partial charge in [0.05, 0.1) is 0 Å². The van der Waals surface area contributed by atoms with Gasteiger partial charge in [0.15, 0.2) is 6.10 Å². The maximum absolute atomic E-state index is 12.8. The molecule has 6 heteroatoms. The van der Waals surface area contributed by atoms with Crippen LogP contribution < -0.4 is 0 Å². The highest BCUT2D eigenvalue weighted by molar-refractivity contribution is 5.71. The van der Waals surface area contributed by atoms with Gasteiger partial charge in [-0.3, -0.25) is 14.4 Å². The van der Waals surface area contributed by atoms with E-state index in [-0.39, 0.29) is 37.5 Å². The Kier molecular flexibility index (Phi) is 46.9. The maximum Gasteiger partial charge on any atom is 0.306 e. The fraction of sp³-hybridized carbons (Fsp3) is 0.727. The van der Waals surface area contributed by atoms with Gasteiger partial charge in [-0.2, -0.15) is 0 Å². The molecule has 0 amide bonds. The first kappa shape index (κ1) is 57.9. The van der Waals surface area contributed by atoms with Gasteiger partial charge in [-0.25, -0.2) is 0 Å². The largest absolute Gasteiger partial charge is 0.462 e. The van der Waals surface area contributed by atoms with Gasteiger partial charge in [0.2, 0.25) is 0 Å². The first-order valence-electron chi connectivity index (χ1n) is 25.4. The van der Waals surface area contributed by atoms with Gasteiger partial charge in [0, 0.05) is 19.3 Å². The lowest BCUT2D eigenvalue weighted by molar-refractivity contribution is -0.166. The van der Waals surface area contributed by atoms with E-state index in [4.69, 9.17) is 14.2 Å². The molecule has 0 bridgehead atoms. The second-order valence-corrected chi connectivity index (χ2v) is 16.7. The van der Waals surface area contributed by atoms with Crippen molar-refractivity contribution >= 4 is 17.9 Å². The van der Waals surface area contributed by atoms with Crippen LogP contribution >= 0.6 is 0 Å². The summed E-state index contributed by atoms with van der Waals surface area (Å²) < 4.78 is 16.7. The Balaban J connectivity index is 4.48. The Morgan fingerprint density at radius 1 is 0.344 bits per heavy atom. The van der Waals surface area contributed by atoms with E-state index >= 15 is 0 Å². The Morgan fingerprint density at radius 2 is 0.672 bits per heavy atom. The summed E-state index contributed by atoms with van der Waals surface area (Å²) in [5.41, 5.74) is 0. The van der Waals surface area contributed by atoms with Crippen LogP contribution in [0.3, 0.4) is 0 Å². The molecule has 6 nitrogen and oxygen atoms in total. The Labute approximate surface area is 376 Å². The third-order valence-corrected chi connectivity index (χ3v) is 10.7. The molecule has 1 atom stereocenters. The molecule has 61 heavy (non-hydrogen) atoms. The van der Waals surface area contributed by atoms with Crippen LogP contribution in [0.5, 0.6) is 0 Å². The van der Waals surface area contributed by atoms with Crippen LogP contribution in [-0.4, -0.2) is 37.2 Å². The van der Waals surface area contributed by atoms with Gasteiger partial charge in [-0.15, -0.1) is 0 Å². The van der Waals surface area contributed by atoms with Gasteiger partial charge in [-0.05, 0) is 96.3 Å². The molecule has 0 aromatic carbocycles. The van der Waals surface area contributed by atoms with Crippen molar-refractivity contribution < 1.29 is 28.6 Å². The number of ether oxygens (including phenoxy) is 3. The number of hydrogen-bond donors (Lipinski definition) is 0. The van der Waals surface area contributed by atoms with E-state index in [2.05, 4.69) is 87.6 Å². The van der Waals surface area contributed by atoms with Gasteiger partial charge in [0.25, 0.3) is 0 Å². The van der Waals surface area contributed by atoms with Crippen molar-refractivity contribution in [2.75, 3.05) is 13.2 Å². The molecule has 0 aliphatic carbocycles. The highest BCUT2D eigenvalue weighted by Gasteiger charge is 2.19. The summed E-state index contributed by atoms with van der Waals surface area (Å²) in [5.74, 6) is -1.00. The molecule has 0 heterocycles. The summed E-state index contributed by atoms with van der Waals surface area (Å²) in [6.07, 6.45) is 61.8. The van der Waals surface area contributed by atoms with E-state index in [9.17, 15) is 14.4 Å². The summed E-state index contributed by atoms with van der Waals surface area (Å²) in [4.78, 5) is 37.9. The van der Waals surface area contributed by atoms with Crippen LogP contribution in [0, 0.1) is 0 Å². The van der Waals surface area contributed by atoms with E-state index in [0.717, 1.165) is 96.3 Å². The van der Waals surface area contributed by atoms with Gasteiger partial charge >= 0.3 is 17.9 Å². The van der Waals surface area contributed by atoms with E-state index in [1.165, 1.54) is 96.3 Å². The molecule has 0 aromatic heterocycles. The first-order valence-corrected chi connectivity index (χ1v) is 25.4.